The van der Waals surface area contributed by atoms with E-state index < -0.39 is 0 Å². The lowest BCUT2D eigenvalue weighted by Gasteiger charge is -2.46. The zero-order chi connectivity index (χ0) is 18.0. The molecule has 2 N–H and O–H groups in total. The zero-order valence-corrected chi connectivity index (χ0v) is 14.8. The third kappa shape index (κ3) is 3.53. The number of amides is 2. The Bertz CT molecular complexity index is 692. The molecule has 1 aliphatic carbocycles. The monoisotopic (exact) mass is 339 g/mol. The van der Waals surface area contributed by atoms with E-state index in [0.717, 1.165) is 25.7 Å². The molecule has 0 radical (unpaired) electrons. The maximum Gasteiger partial charge on any atom is 0.251 e. The number of carbonyl (C=O) groups excluding carboxylic acids is 2. The average molecular weight is 339 g/mol. The Morgan fingerprint density at radius 3 is 2.68 bits per heavy atom. The first-order valence-corrected chi connectivity index (χ1v) is 9.14. The molecule has 132 valence electrons. The Morgan fingerprint density at radius 2 is 2.04 bits per heavy atom. The van der Waals surface area contributed by atoms with Crippen LogP contribution in [-0.4, -0.2) is 23.9 Å². The van der Waals surface area contributed by atoms with Crippen molar-refractivity contribution < 1.29 is 9.59 Å². The van der Waals surface area contributed by atoms with Gasteiger partial charge in [0.05, 0.1) is 11.6 Å². The minimum atomic E-state index is -0.116. The summed E-state index contributed by atoms with van der Waals surface area (Å²) in [6.45, 7) is 4.27. The van der Waals surface area contributed by atoms with Gasteiger partial charge in [-0.05, 0) is 61.8 Å². The van der Waals surface area contributed by atoms with Crippen molar-refractivity contribution in [3.8, 4) is 6.07 Å². The molecule has 25 heavy (non-hydrogen) atoms. The minimum Gasteiger partial charge on any atom is -0.353 e. The highest BCUT2D eigenvalue weighted by Gasteiger charge is 2.43. The van der Waals surface area contributed by atoms with E-state index in [4.69, 9.17) is 5.26 Å². The van der Waals surface area contributed by atoms with Crippen molar-refractivity contribution in [3.05, 3.63) is 35.4 Å². The summed E-state index contributed by atoms with van der Waals surface area (Å²) >= 11 is 0. The van der Waals surface area contributed by atoms with Gasteiger partial charge in [-0.2, -0.15) is 5.26 Å². The van der Waals surface area contributed by atoms with Crippen LogP contribution in [0.5, 0.6) is 0 Å². The van der Waals surface area contributed by atoms with Gasteiger partial charge in [-0.3, -0.25) is 9.59 Å². The molecule has 0 aromatic heterocycles. The van der Waals surface area contributed by atoms with E-state index in [-0.39, 0.29) is 29.8 Å². The van der Waals surface area contributed by atoms with Crippen molar-refractivity contribution in [2.75, 3.05) is 0 Å². The lowest BCUT2D eigenvalue weighted by Crippen LogP contribution is -2.58. The number of nitrogens with zero attached hydrogens (tertiary/aromatic N) is 1. The summed E-state index contributed by atoms with van der Waals surface area (Å²) in [4.78, 5) is 24.7. The Kier molecular flexibility index (Phi) is 5.08. The van der Waals surface area contributed by atoms with E-state index >= 15 is 0 Å². The second-order valence-corrected chi connectivity index (χ2v) is 7.33. The van der Waals surface area contributed by atoms with Gasteiger partial charge in [0.25, 0.3) is 5.91 Å². The van der Waals surface area contributed by atoms with Gasteiger partial charge in [-0.15, -0.1) is 0 Å². The van der Waals surface area contributed by atoms with Crippen LogP contribution in [0.2, 0.25) is 0 Å². The number of hydrogen-bond acceptors (Lipinski definition) is 3. The second-order valence-electron chi connectivity index (χ2n) is 7.33. The molecule has 0 bridgehead atoms. The van der Waals surface area contributed by atoms with Crippen LogP contribution in [0.1, 0.15) is 55.5 Å². The van der Waals surface area contributed by atoms with Crippen LogP contribution in [-0.2, 0) is 4.79 Å². The molecular weight excluding hydrogens is 314 g/mol. The van der Waals surface area contributed by atoms with E-state index in [1.165, 1.54) is 0 Å². The Balaban J connectivity index is 1.62. The van der Waals surface area contributed by atoms with Gasteiger partial charge in [-0.1, -0.05) is 13.8 Å². The molecule has 5 nitrogen and oxygen atoms in total. The van der Waals surface area contributed by atoms with Crippen LogP contribution in [0.25, 0.3) is 0 Å². The number of benzene rings is 1. The molecule has 1 aliphatic heterocycles. The first-order valence-electron chi connectivity index (χ1n) is 9.14. The number of hydrogen-bond donors (Lipinski definition) is 2. The largest absolute Gasteiger partial charge is 0.353 e. The molecule has 5 heteroatoms. The van der Waals surface area contributed by atoms with Crippen LogP contribution in [0.3, 0.4) is 0 Å². The number of piperidine rings is 1. The predicted molar refractivity (Wildman–Crippen MR) is 94.6 cm³/mol. The van der Waals surface area contributed by atoms with E-state index in [1.807, 2.05) is 0 Å². The lowest BCUT2D eigenvalue weighted by atomic mass is 9.67. The zero-order valence-electron chi connectivity index (χ0n) is 14.8. The third-order valence-corrected chi connectivity index (χ3v) is 5.93. The fourth-order valence-electron chi connectivity index (χ4n) is 4.47. The van der Waals surface area contributed by atoms with Crippen molar-refractivity contribution in [1.82, 2.24) is 10.6 Å². The smallest absolute Gasteiger partial charge is 0.251 e. The second kappa shape index (κ2) is 7.26. The Morgan fingerprint density at radius 1 is 1.32 bits per heavy atom. The van der Waals surface area contributed by atoms with Crippen LogP contribution < -0.4 is 10.6 Å². The third-order valence-electron chi connectivity index (χ3n) is 5.93. The van der Waals surface area contributed by atoms with Gasteiger partial charge in [0.2, 0.25) is 5.91 Å². The van der Waals surface area contributed by atoms with Crippen molar-refractivity contribution in [2.24, 2.45) is 17.8 Å². The summed E-state index contributed by atoms with van der Waals surface area (Å²) in [6.07, 6.45) is 3.65. The summed E-state index contributed by atoms with van der Waals surface area (Å²) in [5, 5.41) is 15.1. The molecule has 5 atom stereocenters. The van der Waals surface area contributed by atoms with Gasteiger partial charge in [-0.25, -0.2) is 0 Å². The maximum absolute atomic E-state index is 12.4. The quantitative estimate of drug-likeness (QED) is 0.888. The SMILES string of the molecule is CCC1C(=O)NC2CC(NC(=O)c3ccc(C#N)cc3)CCC2C1C. The van der Waals surface area contributed by atoms with E-state index in [9.17, 15) is 9.59 Å². The number of carbonyl (C=O) groups is 2. The van der Waals surface area contributed by atoms with Crippen molar-refractivity contribution in [2.45, 2.75) is 51.6 Å². The standard InChI is InChI=1S/C20H25N3O2/c1-3-16-12(2)17-9-8-15(10-18(17)23-20(16)25)22-19(24)14-6-4-13(11-21)5-7-14/h4-7,12,15-18H,3,8-10H2,1-2H3,(H,22,24)(H,23,25). The molecule has 3 rings (SSSR count). The molecule has 1 aromatic carbocycles. The fraction of sp³-hybridized carbons (Fsp3) is 0.550. The maximum atomic E-state index is 12.4. The molecule has 5 unspecified atom stereocenters. The van der Waals surface area contributed by atoms with Crippen LogP contribution >= 0.6 is 0 Å². The van der Waals surface area contributed by atoms with Crippen molar-refractivity contribution in [3.63, 3.8) is 0 Å². The van der Waals surface area contributed by atoms with Gasteiger partial charge in [0, 0.05) is 23.6 Å². The normalized spacial score (nSPS) is 31.4. The molecule has 1 saturated carbocycles. The number of nitriles is 1. The molecule has 2 aliphatic rings. The van der Waals surface area contributed by atoms with Gasteiger partial charge in [0.1, 0.15) is 0 Å². The first-order chi connectivity index (χ1) is 12.0. The highest BCUT2D eigenvalue weighted by Crippen LogP contribution is 2.38. The van der Waals surface area contributed by atoms with E-state index in [2.05, 4.69) is 30.6 Å². The lowest BCUT2D eigenvalue weighted by molar-refractivity contribution is -0.133. The number of nitrogens with one attached hydrogen (secondary N) is 2. The van der Waals surface area contributed by atoms with Crippen LogP contribution in [0, 0.1) is 29.1 Å². The fourth-order valence-corrected chi connectivity index (χ4v) is 4.47. The summed E-state index contributed by atoms with van der Waals surface area (Å²) in [6, 6.07) is 8.94. The molecule has 1 aromatic rings. The Labute approximate surface area is 148 Å². The van der Waals surface area contributed by atoms with Crippen molar-refractivity contribution >= 4 is 11.8 Å². The highest BCUT2D eigenvalue weighted by molar-refractivity contribution is 5.94. The van der Waals surface area contributed by atoms with E-state index in [1.54, 1.807) is 24.3 Å². The summed E-state index contributed by atoms with van der Waals surface area (Å²) in [5.41, 5.74) is 1.11. The molecule has 1 saturated heterocycles. The predicted octanol–water partition coefficient (Wildman–Crippen LogP) is 2.62. The molecule has 2 fully saturated rings. The molecular formula is C20H25N3O2. The van der Waals surface area contributed by atoms with Gasteiger partial charge in [0.15, 0.2) is 0 Å². The summed E-state index contributed by atoms with van der Waals surface area (Å²) < 4.78 is 0. The average Bonchev–Trinajstić information content (AvgIpc) is 2.62. The van der Waals surface area contributed by atoms with Crippen molar-refractivity contribution in [1.29, 1.82) is 5.26 Å². The molecule has 0 spiro atoms. The first kappa shape index (κ1) is 17.5. The van der Waals surface area contributed by atoms with Gasteiger partial charge < -0.3 is 10.6 Å². The minimum absolute atomic E-state index is 0.0788. The number of fused-ring (bicyclic) bond motifs is 1. The summed E-state index contributed by atoms with van der Waals surface area (Å²) in [7, 11) is 0. The molecule has 2 amide bonds. The number of rotatable bonds is 3. The summed E-state index contributed by atoms with van der Waals surface area (Å²) in [5.74, 6) is 1.07. The highest BCUT2D eigenvalue weighted by atomic mass is 16.2. The Hall–Kier alpha value is -2.35. The molecule has 1 heterocycles. The topological polar surface area (TPSA) is 82.0 Å². The van der Waals surface area contributed by atoms with E-state index in [0.29, 0.717) is 23.0 Å². The van der Waals surface area contributed by atoms with Crippen LogP contribution in [0.4, 0.5) is 0 Å². The van der Waals surface area contributed by atoms with Gasteiger partial charge >= 0.3 is 0 Å². The van der Waals surface area contributed by atoms with Crippen LogP contribution in [0.15, 0.2) is 24.3 Å².